The van der Waals surface area contributed by atoms with Gasteiger partial charge in [0.1, 0.15) is 0 Å². The first-order chi connectivity index (χ1) is 5.59. The van der Waals surface area contributed by atoms with Crippen molar-refractivity contribution < 1.29 is 30.8 Å². The average molecular weight is 280 g/mol. The fourth-order valence-corrected chi connectivity index (χ4v) is 2.54. The van der Waals surface area contributed by atoms with E-state index in [-0.39, 0.29) is 9.82 Å². The molecule has 0 spiro atoms. The molecule has 1 aliphatic rings. The second-order valence-electron chi connectivity index (χ2n) is 3.07. The standard InChI is InChI=1S/C8H11INO2/c1-5(2)3-6-4-9-8(12)10-7(6)11/h4-5H,3H2,1-2H3,(H,10,11,12)/q-1. The number of halogens is 1. The van der Waals surface area contributed by atoms with Crippen molar-refractivity contribution in [2.75, 3.05) is 0 Å². The molecular weight excluding hydrogens is 269 g/mol. The zero-order valence-electron chi connectivity index (χ0n) is 7.06. The van der Waals surface area contributed by atoms with Crippen LogP contribution in [0.3, 0.4) is 0 Å². The van der Waals surface area contributed by atoms with Crippen molar-refractivity contribution in [1.82, 2.24) is 5.32 Å². The Labute approximate surface area is 81.9 Å². The molecule has 0 radical (unpaired) electrons. The second kappa shape index (κ2) is 4.02. The monoisotopic (exact) mass is 280 g/mol. The molecule has 0 atom stereocenters. The van der Waals surface area contributed by atoms with Gasteiger partial charge in [-0.3, -0.25) is 0 Å². The molecule has 2 amide bonds. The number of carbonyl (C=O) groups excluding carboxylic acids is 2. The van der Waals surface area contributed by atoms with Crippen LogP contribution in [0.4, 0.5) is 4.79 Å². The third-order valence-electron chi connectivity index (χ3n) is 1.42. The summed E-state index contributed by atoms with van der Waals surface area (Å²) < 4.78 is 1.74. The minimum atomic E-state index is -0.580. The second-order valence-corrected chi connectivity index (χ2v) is 5.29. The van der Waals surface area contributed by atoms with E-state index in [1.54, 1.807) is 0 Å². The van der Waals surface area contributed by atoms with Crippen LogP contribution in [0.5, 0.6) is 0 Å². The van der Waals surface area contributed by atoms with Crippen LogP contribution in [-0.4, -0.2) is 9.82 Å². The molecule has 0 aromatic carbocycles. The van der Waals surface area contributed by atoms with Crippen molar-refractivity contribution in [2.45, 2.75) is 20.3 Å². The van der Waals surface area contributed by atoms with Crippen molar-refractivity contribution in [3.8, 4) is 0 Å². The molecule has 0 fully saturated rings. The number of nitrogens with one attached hydrogen (secondary N) is 1. The molecule has 3 nitrogen and oxygen atoms in total. The molecule has 0 saturated carbocycles. The number of amides is 2. The number of rotatable bonds is 2. The molecule has 1 rings (SSSR count). The number of carbonyl (C=O) groups is 2. The third kappa shape index (κ3) is 2.58. The van der Waals surface area contributed by atoms with Crippen LogP contribution in [-0.2, 0) is 4.79 Å². The summed E-state index contributed by atoms with van der Waals surface area (Å²) >= 11 is -0.580. The van der Waals surface area contributed by atoms with Gasteiger partial charge in [-0.1, -0.05) is 0 Å². The van der Waals surface area contributed by atoms with Crippen molar-refractivity contribution in [2.24, 2.45) is 5.92 Å². The van der Waals surface area contributed by atoms with Gasteiger partial charge >= 0.3 is 81.8 Å². The fraction of sp³-hybridized carbons (Fsp3) is 0.500. The van der Waals surface area contributed by atoms with E-state index in [0.717, 1.165) is 12.0 Å². The molecule has 0 aromatic heterocycles. The summed E-state index contributed by atoms with van der Waals surface area (Å²) in [7, 11) is 0. The Morgan fingerprint density at radius 3 is 2.67 bits per heavy atom. The van der Waals surface area contributed by atoms with Crippen molar-refractivity contribution in [3.63, 3.8) is 0 Å². The molecule has 0 aliphatic carbocycles. The van der Waals surface area contributed by atoms with E-state index in [1.165, 1.54) is 0 Å². The van der Waals surface area contributed by atoms with Gasteiger partial charge < -0.3 is 0 Å². The first-order valence-corrected chi connectivity index (χ1v) is 6.10. The van der Waals surface area contributed by atoms with Gasteiger partial charge in [-0.05, 0) is 0 Å². The Bertz CT molecular complexity index is 245. The van der Waals surface area contributed by atoms with Crippen LogP contribution in [0, 0.1) is 5.92 Å². The van der Waals surface area contributed by atoms with Crippen LogP contribution in [0.25, 0.3) is 0 Å². The van der Waals surface area contributed by atoms with Crippen LogP contribution < -0.4 is 26.5 Å². The van der Waals surface area contributed by atoms with Gasteiger partial charge in [-0.15, -0.1) is 0 Å². The first kappa shape index (κ1) is 9.70. The molecule has 1 heterocycles. The first-order valence-electron chi connectivity index (χ1n) is 3.77. The van der Waals surface area contributed by atoms with Gasteiger partial charge in [0.15, 0.2) is 0 Å². The Morgan fingerprint density at radius 1 is 1.50 bits per heavy atom. The van der Waals surface area contributed by atoms with E-state index < -0.39 is 21.2 Å². The SMILES string of the molecule is CC(C)CC1=C[I-]C(=O)NC1=O. The van der Waals surface area contributed by atoms with E-state index in [1.807, 2.05) is 4.08 Å². The molecule has 68 valence electrons. The summed E-state index contributed by atoms with van der Waals surface area (Å²) in [4.78, 5) is 21.9. The molecule has 0 saturated heterocycles. The van der Waals surface area contributed by atoms with Gasteiger partial charge in [-0.2, -0.15) is 0 Å². The van der Waals surface area contributed by atoms with Crippen LogP contribution >= 0.6 is 0 Å². The van der Waals surface area contributed by atoms with E-state index in [4.69, 9.17) is 0 Å². The minimum absolute atomic E-state index is 0.0914. The van der Waals surface area contributed by atoms with Gasteiger partial charge in [0.05, 0.1) is 0 Å². The van der Waals surface area contributed by atoms with E-state index in [2.05, 4.69) is 19.2 Å². The van der Waals surface area contributed by atoms with Crippen molar-refractivity contribution in [3.05, 3.63) is 9.66 Å². The Morgan fingerprint density at radius 2 is 2.17 bits per heavy atom. The Balaban J connectivity index is 2.64. The molecule has 1 aliphatic heterocycles. The average Bonchev–Trinajstić information content (AvgIpc) is 1.94. The van der Waals surface area contributed by atoms with Gasteiger partial charge in [0.2, 0.25) is 0 Å². The predicted octanol–water partition coefficient (Wildman–Crippen LogP) is -1.74. The summed E-state index contributed by atoms with van der Waals surface area (Å²) in [6, 6.07) is 0. The zero-order valence-corrected chi connectivity index (χ0v) is 9.21. The number of hydrogen-bond acceptors (Lipinski definition) is 2. The van der Waals surface area contributed by atoms with E-state index in [0.29, 0.717) is 5.92 Å². The normalized spacial score (nSPS) is 18.4. The zero-order chi connectivity index (χ0) is 9.14. The molecule has 4 heteroatoms. The van der Waals surface area contributed by atoms with Crippen molar-refractivity contribution in [1.29, 1.82) is 0 Å². The summed E-state index contributed by atoms with van der Waals surface area (Å²) in [5, 5.41) is 2.34. The van der Waals surface area contributed by atoms with Gasteiger partial charge in [-0.25, -0.2) is 0 Å². The summed E-state index contributed by atoms with van der Waals surface area (Å²) in [5.41, 5.74) is 0.789. The maximum absolute atomic E-state index is 11.2. The maximum atomic E-state index is 11.2. The summed E-state index contributed by atoms with van der Waals surface area (Å²) in [5.74, 6) is 0.277. The number of hydrogen-bond donors (Lipinski definition) is 1. The summed E-state index contributed by atoms with van der Waals surface area (Å²) in [6.45, 7) is 4.12. The third-order valence-corrected chi connectivity index (χ3v) is 3.32. The van der Waals surface area contributed by atoms with E-state index in [9.17, 15) is 9.59 Å². The van der Waals surface area contributed by atoms with Crippen LogP contribution in [0.15, 0.2) is 9.66 Å². The van der Waals surface area contributed by atoms with Crippen LogP contribution in [0.1, 0.15) is 20.3 Å². The topological polar surface area (TPSA) is 46.2 Å². The van der Waals surface area contributed by atoms with E-state index >= 15 is 0 Å². The van der Waals surface area contributed by atoms with Gasteiger partial charge in [0.25, 0.3) is 0 Å². The van der Waals surface area contributed by atoms with Gasteiger partial charge in [0, 0.05) is 0 Å². The molecule has 1 N–H and O–H groups in total. The Hall–Kier alpha value is -0.390. The molecule has 12 heavy (non-hydrogen) atoms. The quantitative estimate of drug-likeness (QED) is 0.371. The molecule has 0 unspecified atom stereocenters. The molecular formula is C8H11INO2-. The fourth-order valence-electron chi connectivity index (χ4n) is 0.939. The molecule has 0 bridgehead atoms. The molecule has 0 aromatic rings. The number of imide groups is 1. The van der Waals surface area contributed by atoms with Crippen LogP contribution in [0.2, 0.25) is 0 Å². The Kier molecular flexibility index (Phi) is 3.25. The van der Waals surface area contributed by atoms with Crippen molar-refractivity contribution >= 4 is 9.82 Å². The summed E-state index contributed by atoms with van der Waals surface area (Å²) in [6.07, 6.45) is 0.777. The predicted molar refractivity (Wildman–Crippen MR) is 41.1 cm³/mol.